The van der Waals surface area contributed by atoms with E-state index in [-0.39, 0.29) is 0 Å². The second kappa shape index (κ2) is 11.5. The summed E-state index contributed by atoms with van der Waals surface area (Å²) < 4.78 is 2.39. The fraction of sp³-hybridized carbons (Fsp3) is 0. The number of hydrogen-bond donors (Lipinski definition) is 0. The van der Waals surface area contributed by atoms with Crippen LogP contribution in [-0.4, -0.2) is 12.6 Å². The number of fused-ring (bicyclic) bond motifs is 3. The Morgan fingerprint density at radius 1 is 0.435 bits per heavy atom. The lowest BCUT2D eigenvalue weighted by molar-refractivity contribution is 1.18. The minimum absolute atomic E-state index is 0.725. The molecule has 1 aromatic heterocycles. The average Bonchev–Trinajstić information content (AvgIpc) is 3.48. The maximum atomic E-state index is 10.4. The summed E-state index contributed by atoms with van der Waals surface area (Å²) in [6, 6.07) is 67.4. The summed E-state index contributed by atoms with van der Waals surface area (Å²) in [5.74, 6) is 0. The van der Waals surface area contributed by atoms with E-state index in [1.807, 2.05) is 12.1 Å². The van der Waals surface area contributed by atoms with Gasteiger partial charge in [-0.2, -0.15) is 5.26 Å². The minimum Gasteiger partial charge on any atom is -0.309 e. The van der Waals surface area contributed by atoms with Crippen LogP contribution in [0, 0.1) is 11.3 Å². The number of hydrogen-bond acceptors (Lipinski definition) is 1. The fourth-order valence-electron chi connectivity index (χ4n) is 7.25. The van der Waals surface area contributed by atoms with E-state index in [1.54, 1.807) is 0 Å². The quantitative estimate of drug-likeness (QED) is 0.142. The molecule has 0 radical (unpaired) electrons. The first kappa shape index (κ1) is 27.6. The van der Waals surface area contributed by atoms with Gasteiger partial charge in [-0.05, 0) is 50.6 Å². The Balaban J connectivity index is 1.36. The molecule has 0 unspecified atom stereocenters. The van der Waals surface area contributed by atoms with Crippen molar-refractivity contribution in [2.45, 2.75) is 0 Å². The van der Waals surface area contributed by atoms with Gasteiger partial charge >= 0.3 is 0 Å². The molecule has 1 heterocycles. The van der Waals surface area contributed by atoms with Crippen molar-refractivity contribution >= 4 is 50.6 Å². The molecule has 3 heteroatoms. The van der Waals surface area contributed by atoms with E-state index in [1.165, 1.54) is 42.9 Å². The van der Waals surface area contributed by atoms with E-state index in [2.05, 4.69) is 180 Å². The first-order valence-electron chi connectivity index (χ1n) is 15.6. The Kier molecular flexibility index (Phi) is 6.91. The third-order valence-electron chi connectivity index (χ3n) is 9.22. The fourth-order valence-corrected chi connectivity index (χ4v) is 12.1. The number of nitrogens with zero attached hydrogens (tertiary/aromatic N) is 2. The van der Waals surface area contributed by atoms with Crippen LogP contribution in [0.25, 0.3) is 38.6 Å². The molecule has 0 N–H and O–H groups in total. The van der Waals surface area contributed by atoms with Crippen LogP contribution in [0.1, 0.15) is 5.56 Å². The lowest BCUT2D eigenvalue weighted by Gasteiger charge is -2.35. The number of rotatable bonds is 6. The van der Waals surface area contributed by atoms with E-state index in [9.17, 15) is 5.26 Å². The molecule has 216 valence electrons. The molecule has 0 bridgehead atoms. The SMILES string of the molecule is N#Cc1ccccc1[Si](c1ccccc1)(c1ccccc1)c1ccc(-c2ccccc2-n2c3ccccc3c3ccccc32)cc1. The highest BCUT2D eigenvalue weighted by atomic mass is 28.3. The van der Waals surface area contributed by atoms with Crippen molar-refractivity contribution in [3.8, 4) is 22.9 Å². The molecular weight excluding hydrogens is 573 g/mol. The van der Waals surface area contributed by atoms with E-state index in [0.29, 0.717) is 0 Å². The van der Waals surface area contributed by atoms with E-state index in [4.69, 9.17) is 0 Å². The van der Waals surface area contributed by atoms with Crippen LogP contribution < -0.4 is 20.7 Å². The van der Waals surface area contributed by atoms with Gasteiger partial charge in [0.05, 0.1) is 28.4 Å². The van der Waals surface area contributed by atoms with Gasteiger partial charge in [-0.25, -0.2) is 0 Å². The first-order chi connectivity index (χ1) is 22.8. The van der Waals surface area contributed by atoms with E-state index >= 15 is 0 Å². The summed E-state index contributed by atoms with van der Waals surface area (Å²) in [7, 11) is -2.86. The van der Waals surface area contributed by atoms with Crippen LogP contribution in [0.4, 0.5) is 0 Å². The molecule has 7 aromatic carbocycles. The third-order valence-corrected chi connectivity index (χ3v) is 14.1. The molecular formula is C43H30N2Si. The third kappa shape index (κ3) is 4.31. The molecule has 0 amide bonds. The van der Waals surface area contributed by atoms with Crippen molar-refractivity contribution in [2.24, 2.45) is 0 Å². The predicted molar refractivity (Wildman–Crippen MR) is 195 cm³/mol. The van der Waals surface area contributed by atoms with Gasteiger partial charge in [0.15, 0.2) is 8.07 Å². The molecule has 0 saturated carbocycles. The molecule has 0 saturated heterocycles. The monoisotopic (exact) mass is 602 g/mol. The summed E-state index contributed by atoms with van der Waals surface area (Å²) >= 11 is 0. The van der Waals surface area contributed by atoms with Gasteiger partial charge in [-0.15, -0.1) is 0 Å². The highest BCUT2D eigenvalue weighted by Crippen LogP contribution is 2.35. The zero-order chi connectivity index (χ0) is 30.9. The largest absolute Gasteiger partial charge is 0.309 e. The van der Waals surface area contributed by atoms with Gasteiger partial charge in [0.1, 0.15) is 0 Å². The predicted octanol–water partition coefficient (Wildman–Crippen LogP) is 7.70. The second-order valence-electron chi connectivity index (χ2n) is 11.6. The second-order valence-corrected chi connectivity index (χ2v) is 15.4. The summed E-state index contributed by atoms with van der Waals surface area (Å²) in [5, 5.41) is 17.7. The number of nitriles is 1. The highest BCUT2D eigenvalue weighted by molar-refractivity contribution is 7.20. The van der Waals surface area contributed by atoms with Crippen molar-refractivity contribution < 1.29 is 0 Å². The average molecular weight is 603 g/mol. The molecule has 8 rings (SSSR count). The maximum Gasteiger partial charge on any atom is 0.180 e. The zero-order valence-corrected chi connectivity index (χ0v) is 26.2. The first-order valence-corrected chi connectivity index (χ1v) is 17.6. The summed E-state index contributed by atoms with van der Waals surface area (Å²) in [6.45, 7) is 0. The summed E-state index contributed by atoms with van der Waals surface area (Å²) in [6.07, 6.45) is 0. The molecule has 0 fully saturated rings. The number of para-hydroxylation sites is 3. The number of aromatic nitrogens is 1. The van der Waals surface area contributed by atoms with Gasteiger partial charge in [-0.1, -0.05) is 158 Å². The van der Waals surface area contributed by atoms with Crippen molar-refractivity contribution in [1.82, 2.24) is 4.57 Å². The molecule has 2 nitrogen and oxygen atoms in total. The summed E-state index contributed by atoms with van der Waals surface area (Å²) in [5.41, 5.74) is 6.59. The smallest absolute Gasteiger partial charge is 0.180 e. The van der Waals surface area contributed by atoms with Crippen LogP contribution >= 0.6 is 0 Å². The molecule has 46 heavy (non-hydrogen) atoms. The molecule has 0 aliphatic carbocycles. The zero-order valence-electron chi connectivity index (χ0n) is 25.2. The molecule has 0 aliphatic rings. The maximum absolute atomic E-state index is 10.4. The topological polar surface area (TPSA) is 28.7 Å². The van der Waals surface area contributed by atoms with Gasteiger partial charge < -0.3 is 4.57 Å². The Hall–Kier alpha value is -5.95. The van der Waals surface area contributed by atoms with Crippen molar-refractivity contribution in [2.75, 3.05) is 0 Å². The lowest BCUT2D eigenvalue weighted by Crippen LogP contribution is -2.75. The minimum atomic E-state index is -2.86. The Morgan fingerprint density at radius 3 is 1.52 bits per heavy atom. The Morgan fingerprint density at radius 2 is 0.913 bits per heavy atom. The van der Waals surface area contributed by atoms with Gasteiger partial charge in [0.2, 0.25) is 0 Å². The van der Waals surface area contributed by atoms with Gasteiger partial charge in [-0.3, -0.25) is 0 Å². The highest BCUT2D eigenvalue weighted by Gasteiger charge is 2.42. The standard InChI is InChI=1S/C43H30N2Si/c44-31-33-15-7-14-26-43(33)46(34-16-3-1-4-17-34,35-18-5-2-6-19-35)36-29-27-32(28-30-36)37-20-8-11-23-40(37)45-41-24-12-9-21-38(41)39-22-10-13-25-42(39)45/h1-30H. The van der Waals surface area contributed by atoms with Gasteiger partial charge in [0.25, 0.3) is 0 Å². The molecule has 0 spiro atoms. The Bertz CT molecular complexity index is 2270. The van der Waals surface area contributed by atoms with Gasteiger partial charge in [0, 0.05) is 16.3 Å². The lowest BCUT2D eigenvalue weighted by atomic mass is 10.0. The Labute approximate surface area is 270 Å². The normalized spacial score (nSPS) is 11.5. The molecule has 0 aliphatic heterocycles. The van der Waals surface area contributed by atoms with Crippen molar-refractivity contribution in [3.63, 3.8) is 0 Å². The summed E-state index contributed by atoms with van der Waals surface area (Å²) in [4.78, 5) is 0. The van der Waals surface area contributed by atoms with E-state index in [0.717, 1.165) is 22.0 Å². The van der Waals surface area contributed by atoms with E-state index < -0.39 is 8.07 Å². The van der Waals surface area contributed by atoms with Crippen molar-refractivity contribution in [1.29, 1.82) is 5.26 Å². The molecule has 8 aromatic rings. The molecule has 0 atom stereocenters. The number of benzene rings is 7. The van der Waals surface area contributed by atoms with Crippen LogP contribution in [-0.2, 0) is 0 Å². The van der Waals surface area contributed by atoms with Crippen LogP contribution in [0.5, 0.6) is 0 Å². The van der Waals surface area contributed by atoms with Crippen LogP contribution in [0.2, 0.25) is 0 Å². The van der Waals surface area contributed by atoms with Crippen LogP contribution in [0.15, 0.2) is 182 Å². The van der Waals surface area contributed by atoms with Crippen LogP contribution in [0.3, 0.4) is 0 Å². The van der Waals surface area contributed by atoms with Crippen molar-refractivity contribution in [3.05, 3.63) is 188 Å².